The van der Waals surface area contributed by atoms with Crippen LogP contribution in [0.5, 0.6) is 0 Å². The summed E-state index contributed by atoms with van der Waals surface area (Å²) in [5.41, 5.74) is 0. The van der Waals surface area contributed by atoms with E-state index in [0.717, 1.165) is 0 Å². The maximum atomic E-state index is 8.88. The first-order valence-electron chi connectivity index (χ1n) is 2.89. The molecule has 0 aromatic rings. The van der Waals surface area contributed by atoms with Crippen LogP contribution >= 0.6 is 12.6 Å². The van der Waals surface area contributed by atoms with Crippen LogP contribution in [0.15, 0.2) is 0 Å². The Morgan fingerprint density at radius 3 is 1.90 bits per heavy atom. The molecule has 0 radical (unpaired) electrons. The van der Waals surface area contributed by atoms with Gasteiger partial charge in [-0.2, -0.15) is 12.6 Å². The molecule has 0 heterocycles. The van der Waals surface area contributed by atoms with E-state index in [9.17, 15) is 0 Å². The fraction of sp³-hybridized carbons (Fsp3) is 1.00. The van der Waals surface area contributed by atoms with E-state index >= 15 is 0 Å². The Balaban J connectivity index is 3.69. The van der Waals surface area contributed by atoms with Crippen LogP contribution in [0, 0.1) is 0 Å². The van der Waals surface area contributed by atoms with Gasteiger partial charge >= 0.3 is 0 Å². The molecule has 0 aliphatic heterocycles. The Morgan fingerprint density at radius 1 is 1.10 bits per heavy atom. The molecule has 3 atom stereocenters. The number of hydrogen-bond acceptors (Lipinski definition) is 5. The zero-order valence-electron chi connectivity index (χ0n) is 5.38. The molecule has 0 amide bonds. The smallest absolute Gasteiger partial charge is 0.109 e. The van der Waals surface area contributed by atoms with Gasteiger partial charge in [-0.1, -0.05) is 0 Å². The van der Waals surface area contributed by atoms with Crippen LogP contribution < -0.4 is 0 Å². The molecule has 0 saturated carbocycles. The third kappa shape index (κ3) is 2.85. The van der Waals surface area contributed by atoms with Gasteiger partial charge in [-0.05, 0) is 0 Å². The lowest BCUT2D eigenvalue weighted by molar-refractivity contribution is -0.0682. The van der Waals surface area contributed by atoms with Crippen molar-refractivity contribution in [3.05, 3.63) is 0 Å². The second kappa shape index (κ2) is 4.92. The molecule has 0 rings (SSSR count). The predicted molar refractivity (Wildman–Crippen MR) is 39.0 cm³/mol. The summed E-state index contributed by atoms with van der Waals surface area (Å²) in [5, 5.41) is 34.7. The van der Waals surface area contributed by atoms with Crippen molar-refractivity contribution in [2.75, 3.05) is 12.4 Å². The summed E-state index contributed by atoms with van der Waals surface area (Å²) in [6.07, 6.45) is -3.70. The molecule has 5 heteroatoms. The topological polar surface area (TPSA) is 80.9 Å². The molecule has 0 aromatic heterocycles. The van der Waals surface area contributed by atoms with E-state index in [4.69, 9.17) is 20.4 Å². The predicted octanol–water partition coefficient (Wildman–Crippen LogP) is -2.01. The number of rotatable bonds is 4. The van der Waals surface area contributed by atoms with E-state index in [-0.39, 0.29) is 5.75 Å². The fourth-order valence-corrected chi connectivity index (χ4v) is 0.688. The van der Waals surface area contributed by atoms with Crippen molar-refractivity contribution in [2.24, 2.45) is 0 Å². The first-order valence-corrected chi connectivity index (χ1v) is 3.52. The van der Waals surface area contributed by atoms with Crippen LogP contribution in [0.2, 0.25) is 0 Å². The van der Waals surface area contributed by atoms with Crippen molar-refractivity contribution in [1.82, 2.24) is 0 Å². The Labute approximate surface area is 64.5 Å². The molecular weight excluding hydrogens is 156 g/mol. The minimum Gasteiger partial charge on any atom is -0.394 e. The van der Waals surface area contributed by atoms with E-state index in [1.54, 1.807) is 0 Å². The average Bonchev–Trinajstić information content (AvgIpc) is 2.00. The molecule has 4 nitrogen and oxygen atoms in total. The van der Waals surface area contributed by atoms with Crippen LogP contribution in [-0.2, 0) is 0 Å². The van der Waals surface area contributed by atoms with Crippen molar-refractivity contribution >= 4 is 12.6 Å². The largest absolute Gasteiger partial charge is 0.394 e. The monoisotopic (exact) mass is 168 g/mol. The van der Waals surface area contributed by atoms with Gasteiger partial charge in [0, 0.05) is 5.75 Å². The lowest BCUT2D eigenvalue weighted by Gasteiger charge is -2.19. The van der Waals surface area contributed by atoms with E-state index in [1.165, 1.54) is 0 Å². The number of aliphatic hydroxyl groups excluding tert-OH is 4. The molecule has 0 spiro atoms. The molecule has 0 bridgehead atoms. The van der Waals surface area contributed by atoms with Gasteiger partial charge in [-0.15, -0.1) is 0 Å². The fourth-order valence-electron chi connectivity index (χ4n) is 0.472. The standard InChI is InChI=1S/C5H12O4S/c6-1-3(7)5(9)4(8)2-10/h3-10H,1-2H2/t3-,4-,5-/m0/s1. The van der Waals surface area contributed by atoms with Gasteiger partial charge in [-0.3, -0.25) is 0 Å². The summed E-state index contributed by atoms with van der Waals surface area (Å²) < 4.78 is 0. The summed E-state index contributed by atoms with van der Waals surface area (Å²) >= 11 is 3.69. The number of aliphatic hydroxyl groups is 4. The zero-order chi connectivity index (χ0) is 8.15. The average molecular weight is 168 g/mol. The normalized spacial score (nSPS) is 20.1. The van der Waals surface area contributed by atoms with E-state index in [2.05, 4.69) is 12.6 Å². The highest BCUT2D eigenvalue weighted by Crippen LogP contribution is 2.00. The number of hydrogen-bond donors (Lipinski definition) is 5. The highest BCUT2D eigenvalue weighted by atomic mass is 32.1. The van der Waals surface area contributed by atoms with Crippen LogP contribution in [0.25, 0.3) is 0 Å². The summed E-state index contributed by atoms with van der Waals surface area (Å²) in [6, 6.07) is 0. The first-order chi connectivity index (χ1) is 4.63. The van der Waals surface area contributed by atoms with Crippen molar-refractivity contribution < 1.29 is 20.4 Å². The lowest BCUT2D eigenvalue weighted by atomic mass is 10.1. The first kappa shape index (κ1) is 10.2. The Hall–Kier alpha value is 0.190. The quantitative estimate of drug-likeness (QED) is 0.314. The van der Waals surface area contributed by atoms with Gasteiger partial charge in [0.2, 0.25) is 0 Å². The van der Waals surface area contributed by atoms with Crippen molar-refractivity contribution in [1.29, 1.82) is 0 Å². The number of thiol groups is 1. The van der Waals surface area contributed by atoms with E-state index in [1.807, 2.05) is 0 Å². The van der Waals surface area contributed by atoms with Crippen LogP contribution in [0.4, 0.5) is 0 Å². The highest BCUT2D eigenvalue weighted by Gasteiger charge is 2.22. The summed E-state index contributed by atoms with van der Waals surface area (Å²) in [7, 11) is 0. The van der Waals surface area contributed by atoms with Crippen molar-refractivity contribution in [3.8, 4) is 0 Å². The molecule has 62 valence electrons. The Bertz CT molecular complexity index is 79.7. The molecule has 0 fully saturated rings. The molecule has 0 unspecified atom stereocenters. The maximum absolute atomic E-state index is 8.88. The molecular formula is C5H12O4S. The second-order valence-electron chi connectivity index (χ2n) is 1.99. The minimum atomic E-state index is -1.32. The van der Waals surface area contributed by atoms with Gasteiger partial charge in [0.25, 0.3) is 0 Å². The van der Waals surface area contributed by atoms with Crippen LogP contribution in [-0.4, -0.2) is 51.1 Å². The zero-order valence-corrected chi connectivity index (χ0v) is 6.28. The lowest BCUT2D eigenvalue weighted by Crippen LogP contribution is -2.40. The van der Waals surface area contributed by atoms with E-state index < -0.39 is 24.9 Å². The highest BCUT2D eigenvalue weighted by molar-refractivity contribution is 7.80. The maximum Gasteiger partial charge on any atom is 0.109 e. The van der Waals surface area contributed by atoms with Gasteiger partial charge in [0.05, 0.1) is 12.7 Å². The summed E-state index contributed by atoms with van der Waals surface area (Å²) in [6.45, 7) is -0.563. The summed E-state index contributed by atoms with van der Waals surface area (Å²) in [4.78, 5) is 0. The van der Waals surface area contributed by atoms with Crippen molar-refractivity contribution in [2.45, 2.75) is 18.3 Å². The van der Waals surface area contributed by atoms with Gasteiger partial charge in [0.1, 0.15) is 12.2 Å². The molecule has 0 saturated heterocycles. The second-order valence-corrected chi connectivity index (χ2v) is 2.36. The molecule has 0 aliphatic rings. The Kier molecular flexibility index (Phi) is 5.02. The van der Waals surface area contributed by atoms with Gasteiger partial charge in [0.15, 0.2) is 0 Å². The Morgan fingerprint density at radius 2 is 1.60 bits per heavy atom. The van der Waals surface area contributed by atoms with Crippen LogP contribution in [0.3, 0.4) is 0 Å². The molecule has 0 aliphatic carbocycles. The molecule has 4 N–H and O–H groups in total. The van der Waals surface area contributed by atoms with Gasteiger partial charge in [-0.25, -0.2) is 0 Å². The third-order valence-corrected chi connectivity index (χ3v) is 1.54. The molecule has 0 aromatic carbocycles. The molecule has 10 heavy (non-hydrogen) atoms. The summed E-state index contributed by atoms with van der Waals surface area (Å²) in [5.74, 6) is 0.0538. The SMILES string of the molecule is OC[C@H](O)[C@H](O)[C@@H](O)CS. The van der Waals surface area contributed by atoms with Crippen LogP contribution in [0.1, 0.15) is 0 Å². The van der Waals surface area contributed by atoms with Crippen molar-refractivity contribution in [3.63, 3.8) is 0 Å². The minimum absolute atomic E-state index is 0.0538. The third-order valence-electron chi connectivity index (χ3n) is 1.16. The van der Waals surface area contributed by atoms with E-state index in [0.29, 0.717) is 0 Å². The van der Waals surface area contributed by atoms with Gasteiger partial charge < -0.3 is 20.4 Å².